The third-order valence-corrected chi connectivity index (χ3v) is 24.2. The summed E-state index contributed by atoms with van der Waals surface area (Å²) in [6.45, 7) is 11.3. The summed E-state index contributed by atoms with van der Waals surface area (Å²) in [5.74, 6) is -14.1. The van der Waals surface area contributed by atoms with Crippen molar-refractivity contribution >= 4 is 70.9 Å². The van der Waals surface area contributed by atoms with Crippen LogP contribution in [0.3, 0.4) is 0 Å². The summed E-state index contributed by atoms with van der Waals surface area (Å²) in [6, 6.07) is -10.7. The molecule has 25 nitrogen and oxygen atoms in total. The van der Waals surface area contributed by atoms with Crippen molar-refractivity contribution in [3.8, 4) is 0 Å². The molecule has 3 aliphatic carbocycles. The molecular weight excluding hydrogens is 1410 g/mol. The summed E-state index contributed by atoms with van der Waals surface area (Å²) in [7, 11) is 12.3. The minimum atomic E-state index is -4.55. The van der Waals surface area contributed by atoms with Gasteiger partial charge in [-0.1, -0.05) is 99.1 Å². The molecule has 3 saturated carbocycles. The summed E-state index contributed by atoms with van der Waals surface area (Å²) >= 11 is 0. The molecule has 31 heteroatoms. The fourth-order valence-corrected chi connectivity index (χ4v) is 17.5. The van der Waals surface area contributed by atoms with Crippen LogP contribution >= 0.6 is 0 Å². The lowest BCUT2D eigenvalue weighted by Gasteiger charge is -2.54. The molecule has 3 unspecified atom stereocenters. The lowest BCUT2D eigenvalue weighted by atomic mass is 9.58. The molecule has 0 aromatic rings. The Bertz CT molecular complexity index is 3190. The first-order valence-electron chi connectivity index (χ1n) is 39.1. The zero-order valence-corrected chi connectivity index (χ0v) is 66.7. The van der Waals surface area contributed by atoms with E-state index in [1.54, 1.807) is 32.9 Å². The molecule has 612 valence electrons. The van der Waals surface area contributed by atoms with E-state index in [0.29, 0.717) is 44.9 Å². The van der Waals surface area contributed by atoms with Crippen LogP contribution in [0.2, 0.25) is 0 Å². The van der Waals surface area contributed by atoms with E-state index in [1.807, 2.05) is 27.7 Å². The van der Waals surface area contributed by atoms with Crippen molar-refractivity contribution in [1.82, 2.24) is 60.0 Å². The van der Waals surface area contributed by atoms with Gasteiger partial charge in [-0.3, -0.25) is 57.5 Å². The van der Waals surface area contributed by atoms with E-state index in [-0.39, 0.29) is 116 Å². The lowest BCUT2D eigenvalue weighted by Crippen LogP contribution is -2.72. The molecule has 108 heavy (non-hydrogen) atoms. The van der Waals surface area contributed by atoms with Crippen LogP contribution in [-0.4, -0.2) is 277 Å². The van der Waals surface area contributed by atoms with Gasteiger partial charge >= 0.3 is 12.4 Å². The van der Waals surface area contributed by atoms with Gasteiger partial charge in [0.2, 0.25) is 70.9 Å². The minimum absolute atomic E-state index is 0.00738. The number of methoxy groups -OCH3 is 1. The monoisotopic (exact) mass is 1540 g/mol. The zero-order valence-electron chi connectivity index (χ0n) is 66.7. The van der Waals surface area contributed by atoms with Crippen molar-refractivity contribution in [2.45, 2.75) is 275 Å². The van der Waals surface area contributed by atoms with Crippen molar-refractivity contribution in [3.05, 3.63) is 12.2 Å². The van der Waals surface area contributed by atoms with Crippen molar-refractivity contribution in [1.29, 1.82) is 0 Å². The van der Waals surface area contributed by atoms with Gasteiger partial charge in [0.1, 0.15) is 53.9 Å². The van der Waals surface area contributed by atoms with Crippen LogP contribution in [0.15, 0.2) is 12.2 Å². The molecule has 0 aromatic heterocycles. The molecule has 5 fully saturated rings. The molecule has 3 aliphatic heterocycles. The smallest absolute Gasteiger partial charge is 0.381 e. The van der Waals surface area contributed by atoms with Gasteiger partial charge in [0, 0.05) is 76.6 Å². The molecule has 0 aromatic carbocycles. The molecule has 6 rings (SSSR count). The number of alkyl halides is 6. The first-order valence-corrected chi connectivity index (χ1v) is 39.1. The Morgan fingerprint density at radius 3 is 1.82 bits per heavy atom. The molecule has 1 spiro atoms. The van der Waals surface area contributed by atoms with Gasteiger partial charge < -0.3 is 64.8 Å². The highest BCUT2D eigenvalue weighted by Gasteiger charge is 2.59. The fraction of sp³-hybridized carbons (Fsp3) is 0.818. The van der Waals surface area contributed by atoms with Crippen molar-refractivity contribution in [2.75, 3.05) is 89.7 Å². The Kier molecular flexibility index (Phi) is 32.2. The van der Waals surface area contributed by atoms with Gasteiger partial charge in [-0.25, -0.2) is 0 Å². The van der Waals surface area contributed by atoms with Crippen LogP contribution in [0.5, 0.6) is 0 Å². The van der Waals surface area contributed by atoms with Crippen LogP contribution < -0.4 is 16.0 Å². The number of fused-ring (bicyclic) bond motifs is 3. The topological polar surface area (TPSA) is 279 Å². The summed E-state index contributed by atoms with van der Waals surface area (Å²) < 4.78 is 90.8. The average Bonchev–Trinajstić information content (AvgIpc) is 0.744. The zero-order chi connectivity index (χ0) is 80.8. The number of halogens is 6. The molecule has 12 amide bonds. The number of amides is 12. The lowest BCUT2D eigenvalue weighted by molar-refractivity contribution is -0.215. The third kappa shape index (κ3) is 22.2. The molecule has 2 bridgehead atoms. The van der Waals surface area contributed by atoms with E-state index < -0.39 is 204 Å². The highest BCUT2D eigenvalue weighted by atomic mass is 19.4. The number of carbonyl (C=O) groups is 12. The summed E-state index contributed by atoms with van der Waals surface area (Å²) in [4.78, 5) is 193. The van der Waals surface area contributed by atoms with Gasteiger partial charge in [-0.05, 0) is 138 Å². The summed E-state index contributed by atoms with van der Waals surface area (Å²) in [5, 5.41) is 8.76. The summed E-state index contributed by atoms with van der Waals surface area (Å²) in [6.07, 6.45) is -4.90. The third-order valence-electron chi connectivity index (χ3n) is 24.2. The second kappa shape index (κ2) is 38.7. The molecule has 3 N–H and O–H groups in total. The summed E-state index contributed by atoms with van der Waals surface area (Å²) in [5.41, 5.74) is -2.22. The highest BCUT2D eigenvalue weighted by molar-refractivity contribution is 6.01. The molecule has 6 aliphatic rings. The van der Waals surface area contributed by atoms with Gasteiger partial charge in [-0.2, -0.15) is 26.3 Å². The van der Waals surface area contributed by atoms with Crippen molar-refractivity contribution in [2.24, 2.45) is 40.9 Å². The Morgan fingerprint density at radius 2 is 1.25 bits per heavy atom. The SMILES string of the molecule is CCC[C@H]1C(=O)N[C@@H]([C@@H](C)CC)C(=O)N(C)CC(=O)N(C)[C@H]2C/C=C\CCN(C2=O)[C@@H](CC2CCC(C(F)(F)F)CC2)C(=O)N(C)CC(=O)N[C@@H](CCC2CCC(C(F)(F)F)C(OC)C2)C(=O)N2CCCCC[C@H]2C(=O)NC2(CC(C)(C)C2)C(=O)N(C)[C@@H](C(CC)CC)C(=O)N(C)[C@H](C(=O)N(C)C)CC(=O)N1C. The number of nitrogens with one attached hydrogen (secondary N) is 3. The van der Waals surface area contributed by atoms with E-state index in [9.17, 15) is 55.1 Å². The normalized spacial score (nSPS) is 30.4. The quantitative estimate of drug-likeness (QED) is 0.112. The Labute approximate surface area is 634 Å². The molecule has 2 saturated heterocycles. The number of likely N-dealkylation sites (N-methyl/N-ethyl adjacent to an activating group) is 7. The van der Waals surface area contributed by atoms with E-state index >= 15 is 28.8 Å². The number of nitrogens with zero attached hydrogens (tertiary/aromatic N) is 9. The number of rotatable bonds is 14. The van der Waals surface area contributed by atoms with Gasteiger partial charge in [-0.15, -0.1) is 0 Å². The first kappa shape index (κ1) is 89.8. The largest absolute Gasteiger partial charge is 0.394 e. The Morgan fingerprint density at radius 1 is 0.620 bits per heavy atom. The van der Waals surface area contributed by atoms with E-state index in [1.165, 1.54) is 88.0 Å². The maximum absolute atomic E-state index is 15.8. The molecule has 3 heterocycles. The van der Waals surface area contributed by atoms with Crippen molar-refractivity contribution < 1.29 is 88.6 Å². The van der Waals surface area contributed by atoms with E-state index in [2.05, 4.69) is 16.0 Å². The van der Waals surface area contributed by atoms with Crippen LogP contribution in [-0.2, 0) is 62.3 Å². The first-order chi connectivity index (χ1) is 50.5. The van der Waals surface area contributed by atoms with Crippen LogP contribution in [0.25, 0.3) is 0 Å². The number of hydrogen-bond donors (Lipinski definition) is 3. The number of carbonyl (C=O) groups excluding carboxylic acids is 12. The maximum Gasteiger partial charge on any atom is 0.394 e. The number of hydrogen-bond acceptors (Lipinski definition) is 13. The molecule has 0 radical (unpaired) electrons. The standard InChI is InChI=1S/C77H124F6N12O13/c1-17-27-54-65(99)85-63(47(5)18-2)71(105)89(11)44-62(98)91(13)56-29-24-22-26-39-95(70(56)104)58(40-48-30-34-51(35-31-48)76(78,79)80)69(103)88(10)43-60(96)84-53(37-33-49-32-36-52(77(81,82)83)59(41-49)108-16)67(101)94-38-25-21-23-28-55(94)66(100)86-75(45-74(6,7)46-75)73(107)93(15)64(50(19-3)20-4)72(106)92(14)57(68(102)87(8)9)42-61(97)90(54)12/h22,24,47-59,63-64H,17-21,23,25-46H2,1-16H3,(H,84,96)(H,85,99)(H,86,100)/b24-22-/t47-,48?,49?,51?,52?,53-,54-,55-,56-,57-,58-,59?,63-,64-/m0/s1. The van der Waals surface area contributed by atoms with Gasteiger partial charge in [0.05, 0.1) is 37.5 Å². The fourth-order valence-electron chi connectivity index (χ4n) is 17.5. The van der Waals surface area contributed by atoms with Crippen LogP contribution in [0.1, 0.15) is 203 Å². The van der Waals surface area contributed by atoms with Gasteiger partial charge in [0.15, 0.2) is 0 Å². The van der Waals surface area contributed by atoms with Crippen LogP contribution in [0.4, 0.5) is 26.3 Å². The highest BCUT2D eigenvalue weighted by Crippen LogP contribution is 2.50. The number of ether oxygens (including phenoxy) is 1. The second-order valence-electron chi connectivity index (χ2n) is 32.8. The molecule has 12 atom stereocenters. The molecular formula is C77H124F6N12O13. The van der Waals surface area contributed by atoms with Crippen molar-refractivity contribution in [3.63, 3.8) is 0 Å². The predicted molar refractivity (Wildman–Crippen MR) is 392 cm³/mol. The van der Waals surface area contributed by atoms with Crippen LogP contribution in [0, 0.1) is 40.9 Å². The predicted octanol–water partition coefficient (Wildman–Crippen LogP) is 7.48. The average molecular weight is 1540 g/mol. The van der Waals surface area contributed by atoms with E-state index in [4.69, 9.17) is 4.74 Å². The minimum Gasteiger partial charge on any atom is -0.381 e. The maximum atomic E-state index is 15.8. The van der Waals surface area contributed by atoms with E-state index in [0.717, 1.165) is 19.6 Å². The Hall–Kier alpha value is -7.08. The second-order valence-corrected chi connectivity index (χ2v) is 32.8. The van der Waals surface area contributed by atoms with Gasteiger partial charge in [0.25, 0.3) is 0 Å². The Balaban J connectivity index is 1.49.